The van der Waals surface area contributed by atoms with E-state index in [0.717, 1.165) is 26.1 Å². The van der Waals surface area contributed by atoms with Gasteiger partial charge in [-0.2, -0.15) is 0 Å². The topological polar surface area (TPSA) is 26.7 Å². The Balaban J connectivity index is 0.00000104. The zero-order chi connectivity index (χ0) is 15.1. The minimum absolute atomic E-state index is 0. The number of nitrogens with zero attached hydrogens (tertiary/aromatic N) is 2. The van der Waals surface area contributed by atoms with Crippen LogP contribution in [0.3, 0.4) is 0 Å². The van der Waals surface area contributed by atoms with Gasteiger partial charge in [-0.3, -0.25) is 4.90 Å². The smallest absolute Gasteiger partial charge is 0.115 e. The van der Waals surface area contributed by atoms with Gasteiger partial charge in [-0.15, -0.1) is 34.0 Å². The molecule has 24 heavy (non-hydrogen) atoms. The van der Waals surface area contributed by atoms with E-state index in [1.807, 2.05) is 12.1 Å². The standard InChI is InChI=1S/C19H22N2O.2BrH/c1-20-9-10-21-18(14-5-3-2-4-6-14)12-15-11-16(22)7-8-17(15)19(21)13-20;;/h2-8,11,18-19,22H,9-10,12-13H2,1H3;2*1H. The monoisotopic (exact) mass is 454 g/mol. The van der Waals surface area contributed by atoms with E-state index in [-0.39, 0.29) is 34.0 Å². The predicted molar refractivity (Wildman–Crippen MR) is 109 cm³/mol. The number of benzene rings is 2. The molecule has 5 heteroatoms. The summed E-state index contributed by atoms with van der Waals surface area (Å²) in [4.78, 5) is 5.06. The lowest BCUT2D eigenvalue weighted by molar-refractivity contribution is 0.0403. The molecule has 1 fully saturated rings. The number of aromatic hydroxyl groups is 1. The van der Waals surface area contributed by atoms with E-state index in [0.29, 0.717) is 17.8 Å². The maximum Gasteiger partial charge on any atom is 0.115 e. The summed E-state index contributed by atoms with van der Waals surface area (Å²) >= 11 is 0. The molecule has 2 aromatic carbocycles. The predicted octanol–water partition coefficient (Wildman–Crippen LogP) is 4.13. The first-order chi connectivity index (χ1) is 10.7. The summed E-state index contributed by atoms with van der Waals surface area (Å²) in [7, 11) is 2.20. The van der Waals surface area contributed by atoms with Crippen molar-refractivity contribution in [3.8, 4) is 5.75 Å². The first kappa shape index (κ1) is 19.4. The van der Waals surface area contributed by atoms with Crippen LogP contribution < -0.4 is 0 Å². The molecule has 0 radical (unpaired) electrons. The van der Waals surface area contributed by atoms with Gasteiger partial charge in [-0.1, -0.05) is 36.4 Å². The molecule has 2 unspecified atom stereocenters. The van der Waals surface area contributed by atoms with Crippen molar-refractivity contribution in [3.05, 3.63) is 65.2 Å². The molecule has 0 aromatic heterocycles. The number of phenols is 1. The van der Waals surface area contributed by atoms with Crippen LogP contribution in [0, 0.1) is 0 Å². The fourth-order valence-electron chi connectivity index (χ4n) is 3.99. The maximum atomic E-state index is 9.87. The Kier molecular flexibility index (Phi) is 6.48. The van der Waals surface area contributed by atoms with Gasteiger partial charge in [-0.05, 0) is 42.3 Å². The number of fused-ring (bicyclic) bond motifs is 3. The highest BCUT2D eigenvalue weighted by molar-refractivity contribution is 8.93. The highest BCUT2D eigenvalue weighted by atomic mass is 79.9. The van der Waals surface area contributed by atoms with Gasteiger partial charge in [0.25, 0.3) is 0 Å². The van der Waals surface area contributed by atoms with Crippen LogP contribution in [0.1, 0.15) is 28.8 Å². The lowest BCUT2D eigenvalue weighted by atomic mass is 9.84. The van der Waals surface area contributed by atoms with E-state index in [2.05, 4.69) is 53.2 Å². The highest BCUT2D eigenvalue weighted by Gasteiger charge is 2.37. The Morgan fingerprint density at radius 1 is 0.958 bits per heavy atom. The third-order valence-corrected chi connectivity index (χ3v) is 5.11. The lowest BCUT2D eigenvalue weighted by Gasteiger charge is -2.48. The van der Waals surface area contributed by atoms with E-state index in [1.54, 1.807) is 0 Å². The first-order valence-corrected chi connectivity index (χ1v) is 8.03. The molecular weight excluding hydrogens is 432 g/mol. The number of hydrogen-bond donors (Lipinski definition) is 1. The van der Waals surface area contributed by atoms with E-state index in [9.17, 15) is 5.11 Å². The number of hydrogen-bond acceptors (Lipinski definition) is 3. The Labute approximate surface area is 164 Å². The SMILES string of the molecule is Br.Br.CN1CCN2C(c3ccccc3)Cc3cc(O)ccc3C2C1. The molecule has 2 heterocycles. The van der Waals surface area contributed by atoms with E-state index >= 15 is 0 Å². The van der Waals surface area contributed by atoms with Crippen molar-refractivity contribution >= 4 is 34.0 Å². The molecule has 0 amide bonds. The molecule has 130 valence electrons. The zero-order valence-corrected chi connectivity index (χ0v) is 17.2. The van der Waals surface area contributed by atoms with Crippen LogP contribution in [0.15, 0.2) is 48.5 Å². The molecule has 2 atom stereocenters. The van der Waals surface area contributed by atoms with Gasteiger partial charge in [-0.25, -0.2) is 0 Å². The molecule has 2 aliphatic rings. The molecule has 0 bridgehead atoms. The van der Waals surface area contributed by atoms with Crippen LogP contribution in [0.2, 0.25) is 0 Å². The second-order valence-corrected chi connectivity index (χ2v) is 6.53. The Hall–Kier alpha value is -0.880. The normalized spacial score (nSPS) is 23.4. The number of phenolic OH excluding ortho intramolecular Hbond substituents is 1. The van der Waals surface area contributed by atoms with Crippen LogP contribution in [-0.2, 0) is 6.42 Å². The van der Waals surface area contributed by atoms with Gasteiger partial charge in [0.15, 0.2) is 0 Å². The van der Waals surface area contributed by atoms with Crippen molar-refractivity contribution in [3.63, 3.8) is 0 Å². The summed E-state index contributed by atoms with van der Waals surface area (Å²) in [5.74, 6) is 0.378. The molecule has 0 spiro atoms. The third kappa shape index (κ3) is 3.54. The van der Waals surface area contributed by atoms with E-state index in [1.165, 1.54) is 16.7 Å². The zero-order valence-electron chi connectivity index (χ0n) is 13.8. The Morgan fingerprint density at radius 3 is 2.46 bits per heavy atom. The molecule has 1 N–H and O–H groups in total. The summed E-state index contributed by atoms with van der Waals surface area (Å²) in [6, 6.07) is 17.5. The fraction of sp³-hybridized carbons (Fsp3) is 0.368. The van der Waals surface area contributed by atoms with Crippen molar-refractivity contribution in [1.82, 2.24) is 9.80 Å². The van der Waals surface area contributed by atoms with Crippen molar-refractivity contribution in [2.45, 2.75) is 18.5 Å². The summed E-state index contributed by atoms with van der Waals surface area (Å²) in [5.41, 5.74) is 4.06. The molecule has 1 saturated heterocycles. The van der Waals surface area contributed by atoms with Crippen LogP contribution in [-0.4, -0.2) is 41.6 Å². The summed E-state index contributed by atoms with van der Waals surface area (Å²) in [5, 5.41) is 9.87. The van der Waals surface area contributed by atoms with Crippen LogP contribution in [0.25, 0.3) is 0 Å². The summed E-state index contributed by atoms with van der Waals surface area (Å²) in [6.45, 7) is 3.27. The van der Waals surface area contributed by atoms with Crippen molar-refractivity contribution in [2.24, 2.45) is 0 Å². The van der Waals surface area contributed by atoms with Crippen LogP contribution in [0.5, 0.6) is 5.75 Å². The molecule has 0 saturated carbocycles. The van der Waals surface area contributed by atoms with Gasteiger partial charge < -0.3 is 10.0 Å². The van der Waals surface area contributed by atoms with E-state index < -0.39 is 0 Å². The molecular formula is C19H24Br2N2O. The average Bonchev–Trinajstić information content (AvgIpc) is 2.54. The summed E-state index contributed by atoms with van der Waals surface area (Å²) < 4.78 is 0. The number of halogens is 2. The van der Waals surface area contributed by atoms with Gasteiger partial charge in [0.05, 0.1) is 0 Å². The quantitative estimate of drug-likeness (QED) is 0.700. The Morgan fingerprint density at radius 2 is 1.71 bits per heavy atom. The van der Waals surface area contributed by atoms with Crippen LogP contribution in [0.4, 0.5) is 0 Å². The minimum atomic E-state index is 0. The number of likely N-dealkylation sites (N-methyl/N-ethyl adjacent to an activating group) is 1. The number of piperazine rings is 1. The van der Waals surface area contributed by atoms with Gasteiger partial charge in [0.1, 0.15) is 5.75 Å². The fourth-order valence-corrected chi connectivity index (χ4v) is 3.99. The molecule has 2 aromatic rings. The van der Waals surface area contributed by atoms with E-state index in [4.69, 9.17) is 0 Å². The highest BCUT2D eigenvalue weighted by Crippen LogP contribution is 2.42. The van der Waals surface area contributed by atoms with Crippen LogP contribution >= 0.6 is 34.0 Å². The maximum absolute atomic E-state index is 9.87. The largest absolute Gasteiger partial charge is 0.508 e. The average molecular weight is 456 g/mol. The lowest BCUT2D eigenvalue weighted by Crippen LogP contribution is -2.50. The van der Waals surface area contributed by atoms with Crippen molar-refractivity contribution in [2.75, 3.05) is 26.7 Å². The minimum Gasteiger partial charge on any atom is -0.508 e. The van der Waals surface area contributed by atoms with Crippen molar-refractivity contribution < 1.29 is 5.11 Å². The Bertz CT molecular complexity index is 680. The third-order valence-electron chi connectivity index (χ3n) is 5.11. The second kappa shape index (κ2) is 8.00. The second-order valence-electron chi connectivity index (χ2n) is 6.53. The van der Waals surface area contributed by atoms with Gasteiger partial charge >= 0.3 is 0 Å². The van der Waals surface area contributed by atoms with Gasteiger partial charge in [0.2, 0.25) is 0 Å². The summed E-state index contributed by atoms with van der Waals surface area (Å²) in [6.07, 6.45) is 0.980. The molecule has 0 aliphatic carbocycles. The first-order valence-electron chi connectivity index (χ1n) is 8.03. The van der Waals surface area contributed by atoms with Crippen molar-refractivity contribution in [1.29, 1.82) is 0 Å². The number of rotatable bonds is 1. The molecule has 4 rings (SSSR count). The van der Waals surface area contributed by atoms with Gasteiger partial charge in [0, 0.05) is 31.7 Å². The molecule has 3 nitrogen and oxygen atoms in total. The molecule has 2 aliphatic heterocycles.